The molecule has 3 heterocycles. The van der Waals surface area contributed by atoms with Gasteiger partial charge in [-0.15, -0.1) is 0 Å². The SMILES string of the molecule is Cc1ncc(-c2ccc3cnc(CC(=O)N(C)C4CCN(C)CC4)cc3c2)o1. The lowest BCUT2D eigenvalue weighted by Crippen LogP contribution is -2.45. The maximum atomic E-state index is 12.8. The number of aryl methyl sites for hydroxylation is 1. The highest BCUT2D eigenvalue weighted by atomic mass is 16.4. The Hall–Kier alpha value is -2.73. The van der Waals surface area contributed by atoms with Gasteiger partial charge in [0.1, 0.15) is 0 Å². The van der Waals surface area contributed by atoms with Crippen LogP contribution >= 0.6 is 0 Å². The highest BCUT2D eigenvalue weighted by molar-refractivity contribution is 5.87. The number of likely N-dealkylation sites (N-methyl/N-ethyl adjacent to an activating group) is 1. The fourth-order valence-corrected chi connectivity index (χ4v) is 3.80. The molecule has 4 rings (SSSR count). The molecular formula is C22H26N4O2. The first-order chi connectivity index (χ1) is 13.5. The number of amides is 1. The van der Waals surface area contributed by atoms with Crippen LogP contribution in [0.2, 0.25) is 0 Å². The van der Waals surface area contributed by atoms with E-state index in [-0.39, 0.29) is 5.91 Å². The Balaban J connectivity index is 1.51. The van der Waals surface area contributed by atoms with Crippen LogP contribution < -0.4 is 0 Å². The van der Waals surface area contributed by atoms with Crippen molar-refractivity contribution >= 4 is 16.7 Å². The normalized spacial score (nSPS) is 15.8. The van der Waals surface area contributed by atoms with Gasteiger partial charge in [0.2, 0.25) is 5.91 Å². The minimum Gasteiger partial charge on any atom is -0.441 e. The summed E-state index contributed by atoms with van der Waals surface area (Å²) in [6, 6.07) is 8.41. The Morgan fingerprint density at radius 3 is 2.68 bits per heavy atom. The summed E-state index contributed by atoms with van der Waals surface area (Å²) in [4.78, 5) is 25.7. The van der Waals surface area contributed by atoms with E-state index in [0.29, 0.717) is 18.4 Å². The van der Waals surface area contributed by atoms with Gasteiger partial charge in [-0.2, -0.15) is 0 Å². The summed E-state index contributed by atoms with van der Waals surface area (Å²) in [5.41, 5.74) is 1.77. The van der Waals surface area contributed by atoms with Gasteiger partial charge >= 0.3 is 0 Å². The predicted octanol–water partition coefficient (Wildman–Crippen LogP) is 3.29. The van der Waals surface area contributed by atoms with Gasteiger partial charge in [0.15, 0.2) is 11.7 Å². The van der Waals surface area contributed by atoms with Crippen molar-refractivity contribution in [1.82, 2.24) is 19.8 Å². The molecule has 6 heteroatoms. The first-order valence-corrected chi connectivity index (χ1v) is 9.75. The van der Waals surface area contributed by atoms with Gasteiger partial charge in [-0.3, -0.25) is 9.78 Å². The molecule has 0 atom stereocenters. The number of hydrogen-bond acceptors (Lipinski definition) is 5. The fraction of sp³-hybridized carbons (Fsp3) is 0.409. The lowest BCUT2D eigenvalue weighted by Gasteiger charge is -2.35. The van der Waals surface area contributed by atoms with E-state index in [9.17, 15) is 4.79 Å². The van der Waals surface area contributed by atoms with Crippen molar-refractivity contribution < 1.29 is 9.21 Å². The van der Waals surface area contributed by atoms with Gasteiger partial charge < -0.3 is 14.2 Å². The molecule has 0 spiro atoms. The molecule has 0 saturated carbocycles. The Morgan fingerprint density at radius 2 is 1.96 bits per heavy atom. The lowest BCUT2D eigenvalue weighted by molar-refractivity contribution is -0.132. The van der Waals surface area contributed by atoms with Crippen LogP contribution in [-0.4, -0.2) is 58.9 Å². The number of carbonyl (C=O) groups excluding carboxylic acids is 1. The van der Waals surface area contributed by atoms with Crippen LogP contribution in [0.5, 0.6) is 0 Å². The average molecular weight is 378 g/mol. The lowest BCUT2D eigenvalue weighted by atomic mass is 10.0. The summed E-state index contributed by atoms with van der Waals surface area (Å²) >= 11 is 0. The van der Waals surface area contributed by atoms with Crippen LogP contribution in [-0.2, 0) is 11.2 Å². The second-order valence-corrected chi connectivity index (χ2v) is 7.70. The largest absolute Gasteiger partial charge is 0.441 e. The zero-order valence-corrected chi connectivity index (χ0v) is 16.7. The first kappa shape index (κ1) is 18.6. The van der Waals surface area contributed by atoms with Gasteiger partial charge in [-0.1, -0.05) is 12.1 Å². The number of benzene rings is 1. The Bertz CT molecular complexity index is 989. The van der Waals surface area contributed by atoms with Gasteiger partial charge in [0, 0.05) is 37.2 Å². The smallest absolute Gasteiger partial charge is 0.228 e. The summed E-state index contributed by atoms with van der Waals surface area (Å²) in [7, 11) is 4.05. The predicted molar refractivity (Wildman–Crippen MR) is 109 cm³/mol. The van der Waals surface area contributed by atoms with E-state index < -0.39 is 0 Å². The number of nitrogens with zero attached hydrogens (tertiary/aromatic N) is 4. The zero-order valence-electron chi connectivity index (χ0n) is 16.7. The summed E-state index contributed by atoms with van der Waals surface area (Å²) in [6.07, 6.45) is 5.96. The molecule has 1 aromatic carbocycles. The van der Waals surface area contributed by atoms with Crippen molar-refractivity contribution in [3.05, 3.63) is 48.2 Å². The molecule has 28 heavy (non-hydrogen) atoms. The number of oxazole rings is 1. The average Bonchev–Trinajstić information content (AvgIpc) is 3.14. The highest BCUT2D eigenvalue weighted by Gasteiger charge is 2.24. The van der Waals surface area contributed by atoms with E-state index in [0.717, 1.165) is 53.7 Å². The highest BCUT2D eigenvalue weighted by Crippen LogP contribution is 2.25. The molecule has 1 fully saturated rings. The summed E-state index contributed by atoms with van der Waals surface area (Å²) in [6.45, 7) is 3.92. The minimum atomic E-state index is 0.128. The summed E-state index contributed by atoms with van der Waals surface area (Å²) < 4.78 is 5.63. The number of piperidine rings is 1. The van der Waals surface area contributed by atoms with Gasteiger partial charge in [-0.05, 0) is 50.5 Å². The van der Waals surface area contributed by atoms with E-state index in [1.54, 1.807) is 6.20 Å². The van der Waals surface area contributed by atoms with Crippen molar-refractivity contribution in [3.8, 4) is 11.3 Å². The third-order valence-corrected chi connectivity index (χ3v) is 5.65. The summed E-state index contributed by atoms with van der Waals surface area (Å²) in [5, 5.41) is 2.09. The molecule has 0 bridgehead atoms. The fourth-order valence-electron chi connectivity index (χ4n) is 3.80. The van der Waals surface area contributed by atoms with E-state index in [2.05, 4.69) is 28.0 Å². The molecule has 1 aliphatic rings. The molecule has 6 nitrogen and oxygen atoms in total. The van der Waals surface area contributed by atoms with Crippen molar-refractivity contribution in [3.63, 3.8) is 0 Å². The number of carbonyl (C=O) groups is 1. The monoisotopic (exact) mass is 378 g/mol. The Morgan fingerprint density at radius 1 is 1.18 bits per heavy atom. The quantitative estimate of drug-likeness (QED) is 0.697. The number of aromatic nitrogens is 2. The van der Waals surface area contributed by atoms with E-state index in [1.165, 1.54) is 0 Å². The standard InChI is InChI=1S/C22H26N4O2/c1-15-23-14-21(28-15)16-4-5-17-13-24-19(11-18(17)10-16)12-22(27)26(3)20-6-8-25(2)9-7-20/h4-5,10-11,13-14,20H,6-9,12H2,1-3H3. The van der Waals surface area contributed by atoms with Gasteiger partial charge in [-0.25, -0.2) is 4.98 Å². The molecule has 0 radical (unpaired) electrons. The number of rotatable bonds is 4. The minimum absolute atomic E-state index is 0.128. The molecule has 0 N–H and O–H groups in total. The van der Waals surface area contributed by atoms with Crippen molar-refractivity contribution in [1.29, 1.82) is 0 Å². The van der Waals surface area contributed by atoms with Crippen molar-refractivity contribution in [2.24, 2.45) is 0 Å². The van der Waals surface area contributed by atoms with Crippen LogP contribution in [0.3, 0.4) is 0 Å². The molecule has 1 aliphatic heterocycles. The zero-order chi connectivity index (χ0) is 19.7. The van der Waals surface area contributed by atoms with Crippen LogP contribution in [0, 0.1) is 6.92 Å². The van der Waals surface area contributed by atoms with Crippen LogP contribution in [0.1, 0.15) is 24.4 Å². The van der Waals surface area contributed by atoms with Crippen LogP contribution in [0.15, 0.2) is 41.1 Å². The maximum Gasteiger partial charge on any atom is 0.228 e. The second-order valence-electron chi connectivity index (χ2n) is 7.70. The first-order valence-electron chi connectivity index (χ1n) is 9.75. The third-order valence-electron chi connectivity index (χ3n) is 5.65. The third kappa shape index (κ3) is 3.92. The summed E-state index contributed by atoms with van der Waals surface area (Å²) in [5.74, 6) is 1.52. The van der Waals surface area contributed by atoms with E-state index >= 15 is 0 Å². The molecular weight excluding hydrogens is 352 g/mol. The maximum absolute atomic E-state index is 12.8. The molecule has 3 aromatic rings. The van der Waals surface area contributed by atoms with Gasteiger partial charge in [0.05, 0.1) is 18.3 Å². The van der Waals surface area contributed by atoms with E-state index in [1.807, 2.05) is 43.3 Å². The molecule has 1 saturated heterocycles. The number of likely N-dealkylation sites (tertiary alicyclic amines) is 1. The molecule has 1 amide bonds. The molecule has 0 unspecified atom stereocenters. The van der Waals surface area contributed by atoms with Crippen molar-refractivity contribution in [2.45, 2.75) is 32.2 Å². The molecule has 2 aromatic heterocycles. The topological polar surface area (TPSA) is 62.5 Å². The van der Waals surface area contributed by atoms with Crippen LogP contribution in [0.25, 0.3) is 22.1 Å². The number of pyridine rings is 1. The van der Waals surface area contributed by atoms with E-state index in [4.69, 9.17) is 4.42 Å². The Labute approximate surface area is 165 Å². The Kier molecular flexibility index (Phi) is 5.13. The molecule has 146 valence electrons. The van der Waals surface area contributed by atoms with Crippen LogP contribution in [0.4, 0.5) is 0 Å². The second kappa shape index (κ2) is 7.72. The molecule has 0 aliphatic carbocycles. The van der Waals surface area contributed by atoms with Crippen molar-refractivity contribution in [2.75, 3.05) is 27.2 Å². The van der Waals surface area contributed by atoms with Gasteiger partial charge in [0.25, 0.3) is 0 Å². The number of fused-ring (bicyclic) bond motifs is 1. The number of hydrogen-bond donors (Lipinski definition) is 0.